The van der Waals surface area contributed by atoms with E-state index >= 15 is 0 Å². The van der Waals surface area contributed by atoms with Gasteiger partial charge in [-0.2, -0.15) is 13.2 Å². The molecule has 0 bridgehead atoms. The second kappa shape index (κ2) is 9.98. The van der Waals surface area contributed by atoms with Gasteiger partial charge in [-0.3, -0.25) is 9.59 Å². The van der Waals surface area contributed by atoms with E-state index < -0.39 is 42.7 Å². The third kappa shape index (κ3) is 6.15. The average Bonchev–Trinajstić information content (AvgIpc) is 2.65. The van der Waals surface area contributed by atoms with Gasteiger partial charge in [0.05, 0.1) is 24.9 Å². The van der Waals surface area contributed by atoms with E-state index in [1.54, 1.807) is 0 Å². The topological polar surface area (TPSA) is 72.8 Å². The van der Waals surface area contributed by atoms with Crippen LogP contribution in [0.1, 0.15) is 59.3 Å². The van der Waals surface area contributed by atoms with Crippen LogP contribution in [0.3, 0.4) is 0 Å². The average molecular weight is 459 g/mol. The monoisotopic (exact) mass is 458 g/mol. The van der Waals surface area contributed by atoms with E-state index in [0.717, 1.165) is 12.5 Å². The van der Waals surface area contributed by atoms with Gasteiger partial charge in [-0.25, -0.2) is 0 Å². The number of cyclic esters (lactones) is 1. The summed E-state index contributed by atoms with van der Waals surface area (Å²) in [6.07, 6.45) is 1.88. The summed E-state index contributed by atoms with van der Waals surface area (Å²) in [5.41, 5.74) is 1.05. The molecule has 0 spiro atoms. The highest BCUT2D eigenvalue weighted by Gasteiger charge is 2.43. The second-order valence-corrected chi connectivity index (χ2v) is 9.75. The number of carbonyl (C=O) groups excluding carboxylic acids is 2. The second-order valence-electron chi connectivity index (χ2n) is 9.75. The van der Waals surface area contributed by atoms with E-state index in [9.17, 15) is 27.9 Å². The minimum atomic E-state index is -4.43. The van der Waals surface area contributed by atoms with Gasteiger partial charge in [0.15, 0.2) is 0 Å². The Morgan fingerprint density at radius 3 is 2.66 bits per heavy atom. The summed E-state index contributed by atoms with van der Waals surface area (Å²) in [7, 11) is 0. The van der Waals surface area contributed by atoms with Crippen molar-refractivity contribution in [2.24, 2.45) is 29.6 Å². The van der Waals surface area contributed by atoms with E-state index in [2.05, 4.69) is 19.1 Å². The van der Waals surface area contributed by atoms with Crippen molar-refractivity contribution in [1.29, 1.82) is 0 Å². The molecule has 0 radical (unpaired) electrons. The van der Waals surface area contributed by atoms with Crippen molar-refractivity contribution in [3.05, 3.63) is 23.8 Å². The van der Waals surface area contributed by atoms with Crippen LogP contribution in [-0.4, -0.2) is 41.5 Å². The third-order valence-corrected chi connectivity index (χ3v) is 6.97. The molecule has 2 aliphatic carbocycles. The Balaban J connectivity index is 1.71. The van der Waals surface area contributed by atoms with Gasteiger partial charge in [-0.1, -0.05) is 39.0 Å². The van der Waals surface area contributed by atoms with Crippen LogP contribution in [0.25, 0.3) is 0 Å². The molecule has 0 amide bonds. The smallest absolute Gasteiger partial charge is 0.392 e. The van der Waals surface area contributed by atoms with Gasteiger partial charge in [0.25, 0.3) is 0 Å². The molecule has 1 aliphatic heterocycles. The fourth-order valence-electron chi connectivity index (χ4n) is 5.22. The molecule has 1 saturated heterocycles. The Kier molecular flexibility index (Phi) is 7.73. The van der Waals surface area contributed by atoms with Crippen LogP contribution in [0.2, 0.25) is 0 Å². The lowest BCUT2D eigenvalue weighted by molar-refractivity contribution is -0.184. The first-order valence-corrected chi connectivity index (χ1v) is 11.5. The summed E-state index contributed by atoms with van der Waals surface area (Å²) in [5.74, 6) is -2.67. The number of fused-ring (bicyclic) bond motifs is 1. The first kappa shape index (κ1) is 24.8. The Hall–Kier alpha value is -1.83. The van der Waals surface area contributed by atoms with Crippen LogP contribution in [-0.2, 0) is 19.1 Å². The predicted octanol–water partition coefficient (Wildman–Crippen LogP) is 4.74. The first-order chi connectivity index (χ1) is 14.9. The van der Waals surface area contributed by atoms with E-state index in [1.807, 2.05) is 13.0 Å². The maximum atomic E-state index is 12.9. The molecule has 1 N–H and O–H groups in total. The number of alkyl halides is 3. The quantitative estimate of drug-likeness (QED) is 0.582. The molecule has 0 aromatic carbocycles. The lowest BCUT2D eigenvalue weighted by Gasteiger charge is -2.43. The van der Waals surface area contributed by atoms with Crippen molar-refractivity contribution in [3.63, 3.8) is 0 Å². The fourth-order valence-corrected chi connectivity index (χ4v) is 5.22. The normalized spacial score (nSPS) is 36.0. The number of ether oxygens (including phenoxy) is 2. The SMILES string of the molecule is CC(CC(=O)O[C@H]1C[C@@H](C)C=C2C=C[C@H](C)[C@H](CC[C@@H]3C[C@@H](O)CC(=O)O3)C21)C(F)(F)F. The molecule has 1 heterocycles. The summed E-state index contributed by atoms with van der Waals surface area (Å²) in [5, 5.41) is 9.87. The van der Waals surface area contributed by atoms with Gasteiger partial charge in [0.1, 0.15) is 12.2 Å². The number of carbonyl (C=O) groups is 2. The summed E-state index contributed by atoms with van der Waals surface area (Å²) in [6, 6.07) is 0. The standard InChI is InChI=1S/C24H33F3O5/c1-13-8-16-5-4-14(2)19(7-6-18-11-17(28)12-22(30)31-18)23(16)20(9-13)32-21(29)10-15(3)24(25,26)27/h4-5,8,13-15,17-20,23,28H,6-7,9-12H2,1-3H3/t13-,14-,15?,17+,18+,19-,20-,23?/m0/s1. The van der Waals surface area contributed by atoms with Gasteiger partial charge in [-0.15, -0.1) is 0 Å². The number of esters is 2. The molecule has 32 heavy (non-hydrogen) atoms. The molecule has 1 fully saturated rings. The molecule has 3 rings (SSSR count). The molecule has 8 heteroatoms. The Morgan fingerprint density at radius 2 is 2.00 bits per heavy atom. The summed E-state index contributed by atoms with van der Waals surface area (Å²) in [6.45, 7) is 5.07. The van der Waals surface area contributed by atoms with Crippen LogP contribution in [0.15, 0.2) is 23.8 Å². The predicted molar refractivity (Wildman–Crippen MR) is 111 cm³/mol. The van der Waals surface area contributed by atoms with Crippen LogP contribution in [0.5, 0.6) is 0 Å². The van der Waals surface area contributed by atoms with Gasteiger partial charge in [-0.05, 0) is 42.6 Å². The first-order valence-electron chi connectivity index (χ1n) is 11.5. The Morgan fingerprint density at radius 1 is 1.28 bits per heavy atom. The van der Waals surface area contributed by atoms with E-state index in [-0.39, 0.29) is 36.2 Å². The summed E-state index contributed by atoms with van der Waals surface area (Å²) in [4.78, 5) is 24.0. The van der Waals surface area contributed by atoms with Crippen molar-refractivity contribution >= 4 is 11.9 Å². The maximum Gasteiger partial charge on any atom is 0.392 e. The molecule has 3 aliphatic rings. The van der Waals surface area contributed by atoms with E-state index in [0.29, 0.717) is 25.7 Å². The highest BCUT2D eigenvalue weighted by atomic mass is 19.4. The van der Waals surface area contributed by atoms with Gasteiger partial charge < -0.3 is 14.6 Å². The molecule has 2 unspecified atom stereocenters. The maximum absolute atomic E-state index is 12.9. The number of hydrogen-bond acceptors (Lipinski definition) is 5. The fraction of sp³-hybridized carbons (Fsp3) is 0.750. The van der Waals surface area contributed by atoms with Crippen LogP contribution >= 0.6 is 0 Å². The number of allylic oxidation sites excluding steroid dienone is 3. The Bertz CT molecular complexity index is 759. The highest BCUT2D eigenvalue weighted by Crippen LogP contribution is 2.45. The largest absolute Gasteiger partial charge is 0.462 e. The van der Waals surface area contributed by atoms with Crippen LogP contribution < -0.4 is 0 Å². The molecule has 0 aromatic rings. The van der Waals surface area contributed by atoms with E-state index in [4.69, 9.17) is 9.47 Å². The third-order valence-electron chi connectivity index (χ3n) is 6.97. The Labute approximate surface area is 187 Å². The zero-order valence-electron chi connectivity index (χ0n) is 18.8. The summed E-state index contributed by atoms with van der Waals surface area (Å²) < 4.78 is 49.7. The molecule has 8 atom stereocenters. The molecule has 180 valence electrons. The van der Waals surface area contributed by atoms with Crippen molar-refractivity contribution < 1.29 is 37.3 Å². The number of halogens is 3. The van der Waals surface area contributed by atoms with Crippen molar-refractivity contribution in [1.82, 2.24) is 0 Å². The lowest BCUT2D eigenvalue weighted by atomic mass is 9.65. The summed E-state index contributed by atoms with van der Waals surface area (Å²) >= 11 is 0. The number of aliphatic hydroxyl groups is 1. The minimum absolute atomic E-state index is 0.0147. The molecule has 5 nitrogen and oxygen atoms in total. The molecular weight excluding hydrogens is 425 g/mol. The molecule has 0 aromatic heterocycles. The number of rotatable bonds is 6. The van der Waals surface area contributed by atoms with Gasteiger partial charge >= 0.3 is 18.1 Å². The number of hydrogen-bond donors (Lipinski definition) is 1. The van der Waals surface area contributed by atoms with E-state index in [1.165, 1.54) is 0 Å². The van der Waals surface area contributed by atoms with Crippen LogP contribution in [0.4, 0.5) is 13.2 Å². The highest BCUT2D eigenvalue weighted by molar-refractivity contribution is 5.71. The zero-order chi connectivity index (χ0) is 23.6. The lowest BCUT2D eigenvalue weighted by Crippen LogP contribution is -2.42. The molecular formula is C24H33F3O5. The molecule has 0 saturated carbocycles. The van der Waals surface area contributed by atoms with Gasteiger partial charge in [0, 0.05) is 12.3 Å². The van der Waals surface area contributed by atoms with Gasteiger partial charge in [0.2, 0.25) is 0 Å². The van der Waals surface area contributed by atoms with Crippen molar-refractivity contribution in [2.75, 3.05) is 0 Å². The minimum Gasteiger partial charge on any atom is -0.462 e. The van der Waals surface area contributed by atoms with Crippen molar-refractivity contribution in [3.8, 4) is 0 Å². The van der Waals surface area contributed by atoms with Crippen molar-refractivity contribution in [2.45, 2.75) is 83.8 Å². The van der Waals surface area contributed by atoms with Crippen LogP contribution in [0, 0.1) is 29.6 Å². The zero-order valence-corrected chi connectivity index (χ0v) is 18.8. The number of aliphatic hydroxyl groups excluding tert-OH is 1.